The average molecular weight is 392 g/mol. The standard InChI is InChI=1S/C13H18BrN3O4S/c1-3-17(4-2)22(20,21)9-5-6-11(14)10(7-9)13(19)16-8-12(15)18/h5-7H,3-4,8H2,1-2H3,(H2,15,18)(H,16,19). The Hall–Kier alpha value is -1.45. The van der Waals surface area contributed by atoms with Crippen LogP contribution in [0.2, 0.25) is 0 Å². The Morgan fingerprint density at radius 3 is 2.36 bits per heavy atom. The Balaban J connectivity index is 3.19. The number of nitrogens with two attached hydrogens (primary N) is 1. The fourth-order valence-corrected chi connectivity index (χ4v) is 3.73. The zero-order valence-electron chi connectivity index (χ0n) is 12.3. The molecule has 0 atom stereocenters. The SMILES string of the molecule is CCN(CC)S(=O)(=O)c1ccc(Br)c(C(=O)NCC(N)=O)c1. The van der Waals surface area contributed by atoms with Gasteiger partial charge in [-0.1, -0.05) is 13.8 Å². The van der Waals surface area contributed by atoms with Crippen LogP contribution < -0.4 is 11.1 Å². The van der Waals surface area contributed by atoms with E-state index in [1.54, 1.807) is 13.8 Å². The van der Waals surface area contributed by atoms with Gasteiger partial charge in [0.25, 0.3) is 5.91 Å². The summed E-state index contributed by atoms with van der Waals surface area (Å²) >= 11 is 3.19. The lowest BCUT2D eigenvalue weighted by molar-refractivity contribution is -0.117. The predicted octanol–water partition coefficient (Wildman–Crippen LogP) is 0.695. The maximum atomic E-state index is 12.5. The van der Waals surface area contributed by atoms with E-state index >= 15 is 0 Å². The molecule has 0 heterocycles. The van der Waals surface area contributed by atoms with Crippen molar-refractivity contribution in [1.82, 2.24) is 9.62 Å². The largest absolute Gasteiger partial charge is 0.368 e. The van der Waals surface area contributed by atoms with E-state index in [-0.39, 0.29) is 17.0 Å². The Bertz CT molecular complexity index is 672. The highest BCUT2D eigenvalue weighted by Crippen LogP contribution is 2.23. The summed E-state index contributed by atoms with van der Waals surface area (Å²) in [7, 11) is -3.66. The summed E-state index contributed by atoms with van der Waals surface area (Å²) in [4.78, 5) is 22.7. The number of hydrogen-bond acceptors (Lipinski definition) is 4. The summed E-state index contributed by atoms with van der Waals surface area (Å²) in [6, 6.07) is 4.17. The highest BCUT2D eigenvalue weighted by atomic mass is 79.9. The fourth-order valence-electron chi connectivity index (χ4n) is 1.81. The van der Waals surface area contributed by atoms with Gasteiger partial charge in [-0.05, 0) is 34.1 Å². The molecule has 0 aliphatic heterocycles. The highest BCUT2D eigenvalue weighted by molar-refractivity contribution is 9.10. The van der Waals surface area contributed by atoms with Crippen molar-refractivity contribution in [2.45, 2.75) is 18.7 Å². The van der Waals surface area contributed by atoms with Crippen molar-refractivity contribution in [1.29, 1.82) is 0 Å². The minimum absolute atomic E-state index is 0.0172. The van der Waals surface area contributed by atoms with Crippen molar-refractivity contribution >= 4 is 37.8 Å². The second-order valence-electron chi connectivity index (χ2n) is 4.38. The van der Waals surface area contributed by atoms with Crippen molar-refractivity contribution in [2.75, 3.05) is 19.6 Å². The molecular weight excluding hydrogens is 374 g/mol. The smallest absolute Gasteiger partial charge is 0.252 e. The third kappa shape index (κ3) is 4.28. The highest BCUT2D eigenvalue weighted by Gasteiger charge is 2.23. The first kappa shape index (κ1) is 18.6. The molecule has 7 nitrogen and oxygen atoms in total. The van der Waals surface area contributed by atoms with Crippen LogP contribution in [0.3, 0.4) is 0 Å². The molecule has 0 fully saturated rings. The van der Waals surface area contributed by atoms with Crippen LogP contribution in [0.15, 0.2) is 27.6 Å². The molecule has 0 saturated carbocycles. The molecule has 1 rings (SSSR count). The molecule has 1 aromatic rings. The molecule has 3 N–H and O–H groups in total. The molecule has 0 spiro atoms. The number of benzene rings is 1. The number of primary amides is 1. The van der Waals surface area contributed by atoms with Crippen LogP contribution in [-0.2, 0) is 14.8 Å². The molecule has 0 bridgehead atoms. The van der Waals surface area contributed by atoms with E-state index in [0.29, 0.717) is 17.6 Å². The summed E-state index contributed by atoms with van der Waals surface area (Å²) in [5.41, 5.74) is 5.08. The minimum Gasteiger partial charge on any atom is -0.368 e. The lowest BCUT2D eigenvalue weighted by Gasteiger charge is -2.19. The van der Waals surface area contributed by atoms with Gasteiger partial charge in [-0.15, -0.1) is 0 Å². The number of nitrogens with zero attached hydrogens (tertiary/aromatic N) is 1. The predicted molar refractivity (Wildman–Crippen MR) is 85.8 cm³/mol. The van der Waals surface area contributed by atoms with E-state index in [1.807, 2.05) is 0 Å². The van der Waals surface area contributed by atoms with Crippen LogP contribution >= 0.6 is 15.9 Å². The Labute approximate surface area is 138 Å². The van der Waals surface area contributed by atoms with E-state index in [4.69, 9.17) is 5.73 Å². The normalized spacial score (nSPS) is 11.5. The van der Waals surface area contributed by atoms with Crippen molar-refractivity contribution in [2.24, 2.45) is 5.73 Å². The number of nitrogens with one attached hydrogen (secondary N) is 1. The number of rotatable bonds is 7. The number of amides is 2. The Morgan fingerprint density at radius 1 is 1.27 bits per heavy atom. The van der Waals surface area contributed by atoms with Gasteiger partial charge in [0.1, 0.15) is 0 Å². The molecule has 1 aromatic carbocycles. The van der Waals surface area contributed by atoms with Gasteiger partial charge in [0, 0.05) is 17.6 Å². The zero-order chi connectivity index (χ0) is 16.9. The summed E-state index contributed by atoms with van der Waals surface area (Å²) < 4.78 is 26.6. The monoisotopic (exact) mass is 391 g/mol. The lowest BCUT2D eigenvalue weighted by atomic mass is 10.2. The first-order valence-corrected chi connectivity index (χ1v) is 8.83. The Morgan fingerprint density at radius 2 is 1.86 bits per heavy atom. The molecule has 0 aliphatic rings. The molecule has 9 heteroatoms. The van der Waals surface area contributed by atoms with E-state index in [1.165, 1.54) is 22.5 Å². The topological polar surface area (TPSA) is 110 Å². The maximum absolute atomic E-state index is 12.5. The minimum atomic E-state index is -3.66. The van der Waals surface area contributed by atoms with Crippen molar-refractivity contribution in [3.05, 3.63) is 28.2 Å². The van der Waals surface area contributed by atoms with Crippen LogP contribution in [0.5, 0.6) is 0 Å². The van der Waals surface area contributed by atoms with E-state index < -0.39 is 21.8 Å². The van der Waals surface area contributed by atoms with Gasteiger partial charge in [-0.25, -0.2) is 8.42 Å². The second kappa shape index (κ2) is 7.70. The van der Waals surface area contributed by atoms with Gasteiger partial charge in [-0.2, -0.15) is 4.31 Å². The van der Waals surface area contributed by atoms with Crippen molar-refractivity contribution in [3.63, 3.8) is 0 Å². The summed E-state index contributed by atoms with van der Waals surface area (Å²) in [6.07, 6.45) is 0. The first-order chi connectivity index (χ1) is 10.2. The van der Waals surface area contributed by atoms with Crippen LogP contribution in [0.25, 0.3) is 0 Å². The number of carbonyl (C=O) groups excluding carboxylic acids is 2. The van der Waals surface area contributed by atoms with E-state index in [0.717, 1.165) is 0 Å². The van der Waals surface area contributed by atoms with Crippen LogP contribution in [0.1, 0.15) is 24.2 Å². The van der Waals surface area contributed by atoms with Crippen molar-refractivity contribution < 1.29 is 18.0 Å². The summed E-state index contributed by atoms with van der Waals surface area (Å²) in [5, 5.41) is 2.32. The molecule has 22 heavy (non-hydrogen) atoms. The van der Waals surface area contributed by atoms with Gasteiger partial charge < -0.3 is 11.1 Å². The third-order valence-corrected chi connectivity index (χ3v) is 5.69. The third-order valence-electron chi connectivity index (χ3n) is 2.95. The zero-order valence-corrected chi connectivity index (χ0v) is 14.7. The second-order valence-corrected chi connectivity index (χ2v) is 7.17. The van der Waals surface area contributed by atoms with Gasteiger partial charge in [0.15, 0.2) is 0 Å². The fraction of sp³-hybridized carbons (Fsp3) is 0.385. The molecule has 0 aliphatic carbocycles. The van der Waals surface area contributed by atoms with Gasteiger partial charge in [0.2, 0.25) is 15.9 Å². The van der Waals surface area contributed by atoms with Gasteiger partial charge in [-0.3, -0.25) is 9.59 Å². The number of sulfonamides is 1. The molecule has 122 valence electrons. The van der Waals surface area contributed by atoms with Crippen molar-refractivity contribution in [3.8, 4) is 0 Å². The summed E-state index contributed by atoms with van der Waals surface area (Å²) in [5.74, 6) is -1.27. The quantitative estimate of drug-likeness (QED) is 0.712. The Kier molecular flexibility index (Phi) is 6.51. The number of hydrogen-bond donors (Lipinski definition) is 2. The average Bonchev–Trinajstić information content (AvgIpc) is 2.45. The van der Waals surface area contributed by atoms with E-state index in [9.17, 15) is 18.0 Å². The van der Waals surface area contributed by atoms with Crippen LogP contribution in [-0.4, -0.2) is 44.2 Å². The maximum Gasteiger partial charge on any atom is 0.252 e. The molecule has 0 radical (unpaired) electrons. The van der Waals surface area contributed by atoms with Crippen LogP contribution in [0.4, 0.5) is 0 Å². The lowest BCUT2D eigenvalue weighted by Crippen LogP contribution is -2.34. The number of carbonyl (C=O) groups is 2. The molecule has 0 aromatic heterocycles. The molecule has 0 unspecified atom stereocenters. The van der Waals surface area contributed by atoms with Gasteiger partial charge >= 0.3 is 0 Å². The first-order valence-electron chi connectivity index (χ1n) is 6.60. The molecular formula is C13H18BrN3O4S. The molecule has 2 amide bonds. The van der Waals surface area contributed by atoms with Crippen LogP contribution in [0, 0.1) is 0 Å². The summed E-state index contributed by atoms with van der Waals surface area (Å²) in [6.45, 7) is 3.81. The van der Waals surface area contributed by atoms with Gasteiger partial charge in [0.05, 0.1) is 17.0 Å². The molecule has 0 saturated heterocycles. The number of halogens is 1. The van der Waals surface area contributed by atoms with E-state index in [2.05, 4.69) is 21.2 Å².